The first-order valence-corrected chi connectivity index (χ1v) is 10.9. The van der Waals surface area contributed by atoms with Crippen LogP contribution < -0.4 is 11.3 Å². The van der Waals surface area contributed by atoms with Gasteiger partial charge in [0, 0.05) is 18.0 Å². The number of halogens is 1. The van der Waals surface area contributed by atoms with E-state index in [2.05, 4.69) is 40.5 Å². The summed E-state index contributed by atoms with van der Waals surface area (Å²) in [6.45, 7) is 8.23. The van der Waals surface area contributed by atoms with Crippen molar-refractivity contribution >= 4 is 21.8 Å². The van der Waals surface area contributed by atoms with Crippen LogP contribution in [0.3, 0.4) is 0 Å². The Bertz CT molecular complexity index is 1000. The first-order chi connectivity index (χ1) is 14.1. The van der Waals surface area contributed by atoms with Crippen LogP contribution in [-0.2, 0) is 13.0 Å². The monoisotopic (exact) mass is 476 g/mol. The second-order valence-electron chi connectivity index (χ2n) is 8.49. The maximum Gasteiger partial charge on any atom is 0.315 e. The minimum atomic E-state index is -0.772. The summed E-state index contributed by atoms with van der Waals surface area (Å²) in [4.78, 5) is 30.6. The Hall–Kier alpha value is -2.19. The Morgan fingerprint density at radius 1 is 1.33 bits per heavy atom. The lowest BCUT2D eigenvalue weighted by Crippen LogP contribution is -2.52. The summed E-state index contributed by atoms with van der Waals surface area (Å²) in [5.74, 6) is -0.575. The van der Waals surface area contributed by atoms with Crippen molar-refractivity contribution in [3.05, 3.63) is 56.2 Å². The van der Waals surface area contributed by atoms with Gasteiger partial charge in [0.1, 0.15) is 5.82 Å². The fraction of sp³-hybridized carbons (Fsp3) is 0.500. The highest BCUT2D eigenvalue weighted by Gasteiger charge is 2.39. The molecule has 2 heterocycles. The zero-order valence-corrected chi connectivity index (χ0v) is 19.3. The molecule has 0 radical (unpaired) electrons. The summed E-state index contributed by atoms with van der Waals surface area (Å²) in [5, 5.41) is 10.3. The molecule has 1 aromatic heterocycles. The number of nitrogens with zero attached hydrogens (tertiary/aromatic N) is 3. The van der Waals surface area contributed by atoms with E-state index >= 15 is 0 Å². The van der Waals surface area contributed by atoms with Crippen LogP contribution in [0.1, 0.15) is 55.8 Å². The van der Waals surface area contributed by atoms with Crippen LogP contribution in [-0.4, -0.2) is 38.7 Å². The lowest BCUT2D eigenvalue weighted by atomic mass is 9.75. The Morgan fingerprint density at radius 3 is 2.57 bits per heavy atom. The van der Waals surface area contributed by atoms with Crippen LogP contribution in [0.5, 0.6) is 5.75 Å². The number of carbonyl (C=O) groups excluding carboxylic acids is 1. The number of allylic oxidation sites excluding steroid dienone is 5. The van der Waals surface area contributed by atoms with E-state index in [1.807, 2.05) is 13.0 Å². The molecule has 1 amide bonds. The Morgan fingerprint density at radius 2 is 1.97 bits per heavy atom. The number of aromatic nitrogens is 2. The Balaban J connectivity index is 2.09. The molecule has 1 aliphatic heterocycles. The van der Waals surface area contributed by atoms with E-state index in [0.29, 0.717) is 12.2 Å². The first kappa shape index (κ1) is 22.5. The van der Waals surface area contributed by atoms with Crippen molar-refractivity contribution in [3.8, 4) is 5.75 Å². The van der Waals surface area contributed by atoms with E-state index in [1.54, 1.807) is 11.6 Å². The van der Waals surface area contributed by atoms with Gasteiger partial charge in [-0.15, -0.1) is 0 Å². The molecule has 1 atom stereocenters. The SMILES string of the molecule is C=C(C)/C=C(Br)\C=C(/C)C1(Cc2nc(=O)c(O)c3n2C[C@H](N)N(C)C3=O)CCCC1. The molecule has 8 heteroatoms. The zero-order valence-electron chi connectivity index (χ0n) is 17.7. The van der Waals surface area contributed by atoms with Gasteiger partial charge < -0.3 is 20.3 Å². The normalized spacial score (nSPS) is 21.7. The number of nitrogens with two attached hydrogens (primary N) is 1. The fourth-order valence-electron chi connectivity index (χ4n) is 4.47. The van der Waals surface area contributed by atoms with Gasteiger partial charge in [-0.25, -0.2) is 0 Å². The molecule has 1 fully saturated rings. The van der Waals surface area contributed by atoms with Crippen LogP contribution >= 0.6 is 15.9 Å². The molecule has 1 saturated carbocycles. The predicted octanol–water partition coefficient (Wildman–Crippen LogP) is 3.22. The number of rotatable bonds is 5. The molecule has 0 aromatic carbocycles. The molecule has 3 N–H and O–H groups in total. The predicted molar refractivity (Wildman–Crippen MR) is 120 cm³/mol. The minimum Gasteiger partial charge on any atom is -0.501 e. The second kappa shape index (κ2) is 8.51. The fourth-order valence-corrected chi connectivity index (χ4v) is 5.20. The summed E-state index contributed by atoms with van der Waals surface area (Å²) in [6.07, 6.45) is 8.13. The number of carbonyl (C=O) groups is 1. The van der Waals surface area contributed by atoms with Crippen LogP contribution in [0.2, 0.25) is 0 Å². The topological polar surface area (TPSA) is 101 Å². The molecule has 30 heavy (non-hydrogen) atoms. The van der Waals surface area contributed by atoms with Gasteiger partial charge in [0.05, 0.1) is 12.7 Å². The lowest BCUT2D eigenvalue weighted by Gasteiger charge is -2.36. The van der Waals surface area contributed by atoms with Crippen molar-refractivity contribution in [2.75, 3.05) is 7.05 Å². The Labute approximate surface area is 185 Å². The molecular formula is C22H29BrN4O3. The van der Waals surface area contributed by atoms with Gasteiger partial charge in [-0.3, -0.25) is 9.59 Å². The number of likely N-dealkylation sites (N-methyl/N-ethyl adjacent to an activating group) is 1. The highest BCUT2D eigenvalue weighted by Crippen LogP contribution is 2.47. The van der Waals surface area contributed by atoms with E-state index < -0.39 is 23.4 Å². The molecule has 1 aromatic rings. The third-order valence-corrected chi connectivity index (χ3v) is 6.72. The summed E-state index contributed by atoms with van der Waals surface area (Å²) in [5.41, 5.74) is 7.29. The largest absolute Gasteiger partial charge is 0.501 e. The molecule has 0 saturated heterocycles. The van der Waals surface area contributed by atoms with E-state index in [9.17, 15) is 14.7 Å². The second-order valence-corrected chi connectivity index (χ2v) is 9.41. The van der Waals surface area contributed by atoms with Gasteiger partial charge in [-0.05, 0) is 44.3 Å². The summed E-state index contributed by atoms with van der Waals surface area (Å²) in [6, 6.07) is 0. The number of aromatic hydroxyl groups is 1. The highest BCUT2D eigenvalue weighted by atomic mass is 79.9. The third kappa shape index (κ3) is 4.16. The number of fused-ring (bicyclic) bond motifs is 1. The third-order valence-electron chi connectivity index (χ3n) is 6.26. The van der Waals surface area contributed by atoms with Crippen molar-refractivity contribution in [1.29, 1.82) is 0 Å². The van der Waals surface area contributed by atoms with Crippen molar-refractivity contribution in [2.45, 2.75) is 58.7 Å². The lowest BCUT2D eigenvalue weighted by molar-refractivity contribution is 0.0648. The minimum absolute atomic E-state index is 0.0210. The quantitative estimate of drug-likeness (QED) is 0.635. The van der Waals surface area contributed by atoms with Gasteiger partial charge in [-0.2, -0.15) is 4.98 Å². The van der Waals surface area contributed by atoms with Crippen LogP contribution in [0.25, 0.3) is 0 Å². The van der Waals surface area contributed by atoms with E-state index in [4.69, 9.17) is 5.73 Å². The molecule has 162 valence electrons. The number of hydrogen-bond acceptors (Lipinski definition) is 5. The highest BCUT2D eigenvalue weighted by molar-refractivity contribution is 9.11. The molecule has 3 rings (SSSR count). The van der Waals surface area contributed by atoms with Gasteiger partial charge in [0.2, 0.25) is 5.75 Å². The molecule has 7 nitrogen and oxygen atoms in total. The van der Waals surface area contributed by atoms with Gasteiger partial charge >= 0.3 is 5.56 Å². The van der Waals surface area contributed by atoms with Crippen LogP contribution in [0.15, 0.2) is 39.2 Å². The van der Waals surface area contributed by atoms with Crippen molar-refractivity contribution < 1.29 is 9.90 Å². The van der Waals surface area contributed by atoms with Gasteiger partial charge in [0.25, 0.3) is 5.91 Å². The zero-order chi connectivity index (χ0) is 22.2. The average Bonchev–Trinajstić information content (AvgIpc) is 3.13. The van der Waals surface area contributed by atoms with E-state index in [0.717, 1.165) is 35.7 Å². The average molecular weight is 477 g/mol. The number of hydrogen-bond donors (Lipinski definition) is 2. The number of amides is 1. The molecule has 0 unspecified atom stereocenters. The Kier molecular flexibility index (Phi) is 6.38. The summed E-state index contributed by atoms with van der Waals surface area (Å²) < 4.78 is 2.58. The molecular weight excluding hydrogens is 448 g/mol. The molecule has 1 aliphatic carbocycles. The van der Waals surface area contributed by atoms with Crippen LogP contribution in [0.4, 0.5) is 0 Å². The standard InChI is InChI=1S/C22H29BrN4O3/c1-13(2)9-15(23)10-14(3)22(7-5-6-8-22)11-17-25-20(29)19(28)18-21(30)26(4)16(24)12-27(17)18/h9-10,16,28H,1,5-8,11-12,24H2,2-4H3/b14-10+,15-9+/t16-/m1/s1. The summed E-state index contributed by atoms with van der Waals surface area (Å²) in [7, 11) is 1.57. The van der Waals surface area contributed by atoms with Crippen molar-refractivity contribution in [2.24, 2.45) is 11.1 Å². The first-order valence-electron chi connectivity index (χ1n) is 10.1. The van der Waals surface area contributed by atoms with E-state index in [-0.39, 0.29) is 17.7 Å². The maximum absolute atomic E-state index is 12.7. The van der Waals surface area contributed by atoms with E-state index in [1.165, 1.54) is 10.5 Å². The van der Waals surface area contributed by atoms with Gasteiger partial charge in [0.15, 0.2) is 5.69 Å². The molecule has 2 aliphatic rings. The smallest absolute Gasteiger partial charge is 0.315 e. The molecule has 0 spiro atoms. The van der Waals surface area contributed by atoms with Crippen molar-refractivity contribution in [1.82, 2.24) is 14.5 Å². The summed E-state index contributed by atoms with van der Waals surface area (Å²) >= 11 is 3.59. The van der Waals surface area contributed by atoms with Crippen LogP contribution in [0, 0.1) is 5.41 Å². The van der Waals surface area contributed by atoms with Gasteiger partial charge in [-0.1, -0.05) is 46.5 Å². The van der Waals surface area contributed by atoms with Crippen molar-refractivity contribution in [3.63, 3.8) is 0 Å². The molecule has 0 bridgehead atoms. The maximum atomic E-state index is 12.7.